The predicted molar refractivity (Wildman–Crippen MR) is 168 cm³/mol. The van der Waals surface area contributed by atoms with Crippen LogP contribution in [0.4, 0.5) is 11.5 Å². The number of fused-ring (bicyclic) bond motifs is 1. The van der Waals surface area contributed by atoms with E-state index in [1.54, 1.807) is 30.3 Å². The molecule has 7 nitrogen and oxygen atoms in total. The zero-order valence-corrected chi connectivity index (χ0v) is 24.1. The second kappa shape index (κ2) is 11.6. The number of nitrogens with one attached hydrogen (secondary N) is 2. The van der Waals surface area contributed by atoms with Crippen LogP contribution in [0.2, 0.25) is 5.02 Å². The molecule has 2 amide bonds. The topological polar surface area (TPSA) is 87.2 Å². The molecule has 8 heteroatoms. The molecule has 2 N–H and O–H groups in total. The van der Waals surface area contributed by atoms with Crippen molar-refractivity contribution < 1.29 is 9.59 Å². The number of carbonyl (C=O) groups is 2. The summed E-state index contributed by atoms with van der Waals surface area (Å²) in [5.74, 6) is 0.529. The van der Waals surface area contributed by atoms with Crippen LogP contribution in [0.3, 0.4) is 0 Å². The quantitative estimate of drug-likeness (QED) is 0.213. The molecule has 0 bridgehead atoms. The largest absolute Gasteiger partial charge is 0.368 e. The Kier molecular flexibility index (Phi) is 7.59. The molecule has 6 rings (SSSR count). The van der Waals surface area contributed by atoms with Crippen LogP contribution in [0.25, 0.3) is 21.9 Å². The van der Waals surface area contributed by atoms with Gasteiger partial charge in [0.05, 0.1) is 16.3 Å². The molecular weight excluding hydrogens is 546 g/mol. The summed E-state index contributed by atoms with van der Waals surface area (Å²) >= 11 is 6.36. The van der Waals surface area contributed by atoms with Gasteiger partial charge in [-0.15, -0.1) is 0 Å². The van der Waals surface area contributed by atoms with Gasteiger partial charge in [-0.05, 0) is 78.4 Å². The molecule has 0 atom stereocenters. The Balaban J connectivity index is 1.08. The SMILES string of the molecule is CC(C)Nc1ccc(C(=O)Nc2cc(C(=O)N3CC(c4ccc(-c5ccc6cnccc6c5)cc4)C3)ccc2Cl)cn1. The highest BCUT2D eigenvalue weighted by molar-refractivity contribution is 6.34. The van der Waals surface area contributed by atoms with E-state index in [9.17, 15) is 9.59 Å². The van der Waals surface area contributed by atoms with Gasteiger partial charge in [0, 0.05) is 54.6 Å². The molecule has 2 aromatic heterocycles. The van der Waals surface area contributed by atoms with Crippen molar-refractivity contribution in [1.29, 1.82) is 0 Å². The molecule has 3 heterocycles. The summed E-state index contributed by atoms with van der Waals surface area (Å²) in [7, 11) is 0. The first kappa shape index (κ1) is 27.4. The average molecular weight is 576 g/mol. The molecule has 42 heavy (non-hydrogen) atoms. The molecule has 0 radical (unpaired) electrons. The van der Waals surface area contributed by atoms with Crippen molar-refractivity contribution >= 4 is 45.7 Å². The van der Waals surface area contributed by atoms with Gasteiger partial charge in [-0.1, -0.05) is 48.0 Å². The summed E-state index contributed by atoms with van der Waals surface area (Å²) in [5, 5.41) is 8.64. The highest BCUT2D eigenvalue weighted by Crippen LogP contribution is 2.32. The van der Waals surface area contributed by atoms with Gasteiger partial charge in [-0.25, -0.2) is 4.98 Å². The lowest BCUT2D eigenvalue weighted by Gasteiger charge is -2.39. The van der Waals surface area contributed by atoms with Gasteiger partial charge in [0.15, 0.2) is 0 Å². The molecule has 1 fully saturated rings. The van der Waals surface area contributed by atoms with Crippen molar-refractivity contribution in [3.8, 4) is 11.1 Å². The van der Waals surface area contributed by atoms with Crippen molar-refractivity contribution in [2.24, 2.45) is 0 Å². The smallest absolute Gasteiger partial charge is 0.257 e. The van der Waals surface area contributed by atoms with E-state index in [0.717, 1.165) is 21.9 Å². The zero-order valence-electron chi connectivity index (χ0n) is 23.3. The third-order valence-corrected chi connectivity index (χ3v) is 7.78. The average Bonchev–Trinajstić information content (AvgIpc) is 2.97. The van der Waals surface area contributed by atoms with Crippen LogP contribution in [0.1, 0.15) is 46.0 Å². The zero-order chi connectivity index (χ0) is 29.2. The van der Waals surface area contributed by atoms with Crippen molar-refractivity contribution in [3.63, 3.8) is 0 Å². The number of halogens is 1. The molecule has 210 valence electrons. The van der Waals surface area contributed by atoms with Gasteiger partial charge in [-0.3, -0.25) is 14.6 Å². The summed E-state index contributed by atoms with van der Waals surface area (Å²) in [6.45, 7) is 5.30. The van der Waals surface area contributed by atoms with E-state index in [1.165, 1.54) is 11.8 Å². The van der Waals surface area contributed by atoms with Gasteiger partial charge in [0.1, 0.15) is 5.82 Å². The van der Waals surface area contributed by atoms with Crippen molar-refractivity contribution in [2.45, 2.75) is 25.8 Å². The Morgan fingerprint density at radius 2 is 1.62 bits per heavy atom. The van der Waals surface area contributed by atoms with Crippen LogP contribution >= 0.6 is 11.6 Å². The Morgan fingerprint density at radius 1 is 0.857 bits per heavy atom. The Morgan fingerprint density at radius 3 is 2.36 bits per heavy atom. The third-order valence-electron chi connectivity index (χ3n) is 7.45. The number of amides is 2. The number of anilines is 2. The molecule has 0 saturated carbocycles. The molecule has 0 unspecified atom stereocenters. The number of benzene rings is 3. The third kappa shape index (κ3) is 5.83. The fourth-order valence-corrected chi connectivity index (χ4v) is 5.27. The number of carbonyl (C=O) groups excluding carboxylic acids is 2. The summed E-state index contributed by atoms with van der Waals surface area (Å²) in [6.07, 6.45) is 5.19. The summed E-state index contributed by atoms with van der Waals surface area (Å²) < 4.78 is 0. The molecule has 3 aromatic carbocycles. The molecule has 1 aliphatic rings. The van der Waals surface area contributed by atoms with Gasteiger partial charge in [0.25, 0.3) is 11.8 Å². The van der Waals surface area contributed by atoms with Crippen molar-refractivity contribution in [2.75, 3.05) is 23.7 Å². The highest BCUT2D eigenvalue weighted by Gasteiger charge is 2.32. The van der Waals surface area contributed by atoms with Crippen LogP contribution in [-0.2, 0) is 0 Å². The number of likely N-dealkylation sites (tertiary alicyclic amines) is 1. The first-order valence-electron chi connectivity index (χ1n) is 13.9. The predicted octanol–water partition coefficient (Wildman–Crippen LogP) is 7.26. The number of rotatable bonds is 7. The molecule has 1 saturated heterocycles. The molecule has 5 aromatic rings. The van der Waals surface area contributed by atoms with Crippen LogP contribution in [-0.4, -0.2) is 45.8 Å². The normalized spacial score (nSPS) is 13.2. The minimum atomic E-state index is -0.349. The van der Waals surface area contributed by atoms with Crippen molar-refractivity contribution in [3.05, 3.63) is 119 Å². The maximum Gasteiger partial charge on any atom is 0.257 e. The lowest BCUT2D eigenvalue weighted by Crippen LogP contribution is -2.48. The lowest BCUT2D eigenvalue weighted by atomic mass is 9.89. The minimum absolute atomic E-state index is 0.0912. The number of pyridine rings is 2. The number of nitrogens with zero attached hydrogens (tertiary/aromatic N) is 3. The van der Waals surface area contributed by atoms with E-state index < -0.39 is 0 Å². The second-order valence-corrected chi connectivity index (χ2v) is 11.3. The Bertz CT molecular complexity index is 1760. The fourth-order valence-electron chi connectivity index (χ4n) is 5.11. The maximum absolute atomic E-state index is 13.2. The van der Waals surface area contributed by atoms with Crippen LogP contribution in [0.15, 0.2) is 97.5 Å². The monoisotopic (exact) mass is 575 g/mol. The first-order valence-corrected chi connectivity index (χ1v) is 14.3. The van der Waals surface area contributed by atoms with E-state index in [2.05, 4.69) is 63.1 Å². The molecule has 0 aliphatic carbocycles. The fraction of sp³-hybridized carbons (Fsp3) is 0.176. The van der Waals surface area contributed by atoms with Gasteiger partial charge in [-0.2, -0.15) is 0 Å². The molecule has 1 aliphatic heterocycles. The van der Waals surface area contributed by atoms with Crippen molar-refractivity contribution in [1.82, 2.24) is 14.9 Å². The van der Waals surface area contributed by atoms with E-state index in [4.69, 9.17) is 11.6 Å². The standard InChI is InChI=1S/C34H30ClN5O2/c1-21(2)38-32-12-10-28(18-37-32)33(41)39-31-16-26(9-11-30(31)35)34(42)40-19-29(20-40)23-5-3-22(4-6-23)24-7-8-27-17-36-14-13-25(27)15-24/h3-18,21,29H,19-20H2,1-2H3,(H,37,38)(H,39,41). The Hall–Kier alpha value is -4.75. The van der Waals surface area contributed by atoms with E-state index in [-0.39, 0.29) is 23.8 Å². The second-order valence-electron chi connectivity index (χ2n) is 10.8. The first-order chi connectivity index (χ1) is 20.3. The molecule has 0 spiro atoms. The minimum Gasteiger partial charge on any atom is -0.368 e. The number of aromatic nitrogens is 2. The summed E-state index contributed by atoms with van der Waals surface area (Å²) in [4.78, 5) is 36.4. The summed E-state index contributed by atoms with van der Waals surface area (Å²) in [6, 6.07) is 25.6. The lowest BCUT2D eigenvalue weighted by molar-refractivity contribution is 0.0602. The maximum atomic E-state index is 13.2. The number of hydrogen-bond acceptors (Lipinski definition) is 5. The molecular formula is C34H30ClN5O2. The van der Waals surface area contributed by atoms with Crippen LogP contribution in [0, 0.1) is 0 Å². The van der Waals surface area contributed by atoms with Crippen LogP contribution in [0.5, 0.6) is 0 Å². The Labute approximate surface area is 249 Å². The van der Waals surface area contributed by atoms with Crippen LogP contribution < -0.4 is 10.6 Å². The van der Waals surface area contributed by atoms with Gasteiger partial charge in [0.2, 0.25) is 0 Å². The summed E-state index contributed by atoms with van der Waals surface area (Å²) in [5.41, 5.74) is 4.78. The highest BCUT2D eigenvalue weighted by atomic mass is 35.5. The van der Waals surface area contributed by atoms with Gasteiger partial charge >= 0.3 is 0 Å². The van der Waals surface area contributed by atoms with E-state index in [0.29, 0.717) is 40.7 Å². The van der Waals surface area contributed by atoms with Gasteiger partial charge < -0.3 is 15.5 Å². The van der Waals surface area contributed by atoms with E-state index in [1.807, 2.05) is 37.2 Å². The number of hydrogen-bond donors (Lipinski definition) is 2. The van der Waals surface area contributed by atoms with E-state index >= 15 is 0 Å².